The zero-order valence-electron chi connectivity index (χ0n) is 26.3. The first kappa shape index (κ1) is 36.8. The van der Waals surface area contributed by atoms with Crippen LogP contribution in [0.15, 0.2) is 36.4 Å². The molecule has 5 rings (SSSR count). The van der Waals surface area contributed by atoms with Gasteiger partial charge in [-0.15, -0.1) is 0 Å². The summed E-state index contributed by atoms with van der Waals surface area (Å²) in [5.41, 5.74) is 16.3. The third kappa shape index (κ3) is 9.20. The van der Waals surface area contributed by atoms with Gasteiger partial charge in [-0.25, -0.2) is 19.6 Å². The number of carboxylic acids is 4. The fourth-order valence-corrected chi connectivity index (χ4v) is 4.28. The molecule has 0 fully saturated rings. The first-order valence-corrected chi connectivity index (χ1v) is 14.3. The van der Waals surface area contributed by atoms with Crippen molar-refractivity contribution in [3.8, 4) is 0 Å². The fraction of sp³-hybridized carbons (Fsp3) is 0.250. The predicted molar refractivity (Wildman–Crippen MR) is 176 cm³/mol. The first-order chi connectivity index (χ1) is 22.4. The van der Waals surface area contributed by atoms with E-state index in [1.807, 2.05) is 32.1 Å². The lowest BCUT2D eigenvalue weighted by Crippen LogP contribution is -2.39. The van der Waals surface area contributed by atoms with Crippen LogP contribution in [0.5, 0.6) is 0 Å². The van der Waals surface area contributed by atoms with Crippen LogP contribution in [0, 0.1) is 6.92 Å². The number of nitrogens with zero attached hydrogens (tertiary/aromatic N) is 2. The summed E-state index contributed by atoms with van der Waals surface area (Å²) < 4.78 is 0. The number of nitrogens with two attached hydrogens (primary N) is 2. The molecule has 3 aromatic heterocycles. The Hall–Kier alpha value is -5.68. The number of carbonyl (C=O) groups is 4. The molecule has 0 aliphatic carbocycles. The van der Waals surface area contributed by atoms with E-state index in [0.29, 0.717) is 16.9 Å². The summed E-state index contributed by atoms with van der Waals surface area (Å²) in [7, 11) is 0. The third-order valence-corrected chi connectivity index (χ3v) is 7.02. The van der Waals surface area contributed by atoms with Crippen molar-refractivity contribution in [2.75, 3.05) is 0 Å². The second-order valence-corrected chi connectivity index (χ2v) is 11.0. The van der Waals surface area contributed by atoms with E-state index in [2.05, 4.69) is 19.9 Å². The van der Waals surface area contributed by atoms with Gasteiger partial charge >= 0.3 is 23.9 Å². The van der Waals surface area contributed by atoms with Gasteiger partial charge in [-0.05, 0) is 87.4 Å². The molecule has 0 radical (unpaired) electrons. The largest absolute Gasteiger partial charge is 0.480 e. The Balaban J connectivity index is 0.000000325. The average molecular weight is 665 g/mol. The summed E-state index contributed by atoms with van der Waals surface area (Å²) in [4.78, 5) is 58.8. The summed E-state index contributed by atoms with van der Waals surface area (Å²) >= 11 is 0. The second kappa shape index (κ2) is 15.3. The number of hydrogen-bond donors (Lipinski definition) is 10. The molecule has 3 aromatic rings. The number of aliphatic carboxylic acids is 3. The molecule has 16 heteroatoms. The van der Waals surface area contributed by atoms with Gasteiger partial charge in [0, 0.05) is 16.6 Å². The number of carboxylic acid groups (broad SMARTS) is 4. The number of rotatable bonds is 6. The third-order valence-electron chi connectivity index (χ3n) is 7.02. The Morgan fingerprint density at radius 2 is 1.19 bits per heavy atom. The average Bonchev–Trinajstić information content (AvgIpc) is 3.75. The van der Waals surface area contributed by atoms with E-state index < -0.39 is 48.2 Å². The number of aromatic nitrogens is 4. The molecule has 2 aliphatic rings. The molecular formula is C32H36N6O10. The SMILES string of the molecule is CC1=Cc2cc3cc(C)c(cc4nc(cc5[nH]c(cc1n2)cc5C(=O)O)C(C(=O)O)=C4)[nH]3.C[C@@H](O)[C@H](N)C(=O)O.C[C@@H](O)[C@H](N)C(=O)O. The fourth-order valence-electron chi connectivity index (χ4n) is 4.28. The number of hydrogen-bond acceptors (Lipinski definition) is 10. The zero-order valence-corrected chi connectivity index (χ0v) is 26.3. The predicted octanol–water partition coefficient (Wildman–Crippen LogP) is 2.07. The number of aryl methyl sites for hydroxylation is 1. The highest BCUT2D eigenvalue weighted by atomic mass is 16.4. The highest BCUT2D eigenvalue weighted by Gasteiger charge is 2.19. The number of aliphatic hydroxyl groups excluding tert-OH is 2. The highest BCUT2D eigenvalue weighted by Crippen LogP contribution is 2.26. The zero-order chi connectivity index (χ0) is 36.0. The van der Waals surface area contributed by atoms with Crippen LogP contribution >= 0.6 is 0 Å². The summed E-state index contributed by atoms with van der Waals surface area (Å²) in [5.74, 6) is -4.63. The van der Waals surface area contributed by atoms with Crippen LogP contribution in [0.1, 0.15) is 59.5 Å². The van der Waals surface area contributed by atoms with Gasteiger partial charge in [-0.2, -0.15) is 0 Å². The molecule has 48 heavy (non-hydrogen) atoms. The maximum Gasteiger partial charge on any atom is 0.337 e. The Labute approximate surface area is 272 Å². The van der Waals surface area contributed by atoms with Gasteiger partial charge in [-0.3, -0.25) is 9.59 Å². The molecule has 0 amide bonds. The van der Waals surface area contributed by atoms with Crippen molar-refractivity contribution in [2.45, 2.75) is 52.0 Å². The molecule has 0 aromatic carbocycles. The van der Waals surface area contributed by atoms with Crippen LogP contribution in [0.25, 0.3) is 45.4 Å². The second-order valence-electron chi connectivity index (χ2n) is 11.0. The number of aliphatic hydroxyl groups is 2. The van der Waals surface area contributed by atoms with E-state index in [0.717, 1.165) is 27.9 Å². The van der Waals surface area contributed by atoms with Gasteiger partial charge in [0.25, 0.3) is 0 Å². The summed E-state index contributed by atoms with van der Waals surface area (Å²) in [6.07, 6.45) is 1.47. The lowest BCUT2D eigenvalue weighted by Gasteiger charge is -2.07. The molecule has 4 atom stereocenters. The minimum atomic E-state index is -1.18. The molecule has 0 unspecified atom stereocenters. The van der Waals surface area contributed by atoms with Crippen molar-refractivity contribution in [1.82, 2.24) is 19.9 Å². The lowest BCUT2D eigenvalue weighted by atomic mass is 10.1. The van der Waals surface area contributed by atoms with Gasteiger partial charge in [0.2, 0.25) is 0 Å². The molecule has 0 saturated carbocycles. The highest BCUT2D eigenvalue weighted by molar-refractivity contribution is 6.21. The Kier molecular flexibility index (Phi) is 11.7. The number of allylic oxidation sites excluding steroid dienone is 1. The van der Waals surface area contributed by atoms with Gasteiger partial charge in [-0.1, -0.05) is 0 Å². The number of aromatic amines is 2. The van der Waals surface area contributed by atoms with E-state index in [4.69, 9.17) is 31.9 Å². The lowest BCUT2D eigenvalue weighted by molar-refractivity contribution is -0.141. The molecule has 12 N–H and O–H groups in total. The summed E-state index contributed by atoms with van der Waals surface area (Å²) in [5, 5.41) is 52.4. The van der Waals surface area contributed by atoms with Gasteiger partial charge < -0.3 is 52.1 Å². The van der Waals surface area contributed by atoms with Crippen molar-refractivity contribution in [3.05, 3.63) is 70.3 Å². The normalized spacial score (nSPS) is 14.4. The summed E-state index contributed by atoms with van der Waals surface area (Å²) in [6.45, 7) is 6.55. The molecule has 254 valence electrons. The van der Waals surface area contributed by atoms with E-state index in [1.54, 1.807) is 12.1 Å². The van der Waals surface area contributed by atoms with E-state index in [1.165, 1.54) is 32.1 Å². The topological polar surface area (TPSA) is 299 Å². The minimum Gasteiger partial charge on any atom is -0.480 e. The van der Waals surface area contributed by atoms with Crippen LogP contribution in [-0.2, 0) is 14.4 Å². The number of H-pyrrole nitrogens is 2. The number of fused-ring (bicyclic) bond motifs is 8. The van der Waals surface area contributed by atoms with Crippen LogP contribution in [0.4, 0.5) is 0 Å². The van der Waals surface area contributed by atoms with Crippen LogP contribution in [0.2, 0.25) is 0 Å². The Morgan fingerprint density at radius 1 is 0.667 bits per heavy atom. The van der Waals surface area contributed by atoms with Gasteiger partial charge in [0.1, 0.15) is 12.1 Å². The standard InChI is InChI=1S/C24H18N4O4.2C4H9NO3/c1-11-3-13-5-14-4-12(2)20(26-14)9-16-7-18(24(31)32)22(28-16)10-21-17(23(29)30)6-15(27-21)8-19(11)25-13;2*1-2(6)3(5)4(7)8/h3-10,25,28H,1-2H3,(H,29,30)(H,31,32);2*2-3,6H,5H2,1H3,(H,7,8)/t;2*2-,3+/m.11/s1. The molecule has 5 heterocycles. The first-order valence-electron chi connectivity index (χ1n) is 14.3. The molecule has 16 nitrogen and oxygen atoms in total. The molecule has 2 aliphatic heterocycles. The quantitative estimate of drug-likeness (QED) is 0.180. The van der Waals surface area contributed by atoms with Crippen LogP contribution < -0.4 is 11.5 Å². The maximum absolute atomic E-state index is 11.8. The van der Waals surface area contributed by atoms with Crippen molar-refractivity contribution >= 4 is 69.2 Å². The smallest absolute Gasteiger partial charge is 0.337 e. The van der Waals surface area contributed by atoms with Crippen LogP contribution in [0.3, 0.4) is 0 Å². The maximum atomic E-state index is 11.8. The monoisotopic (exact) mass is 664 g/mol. The van der Waals surface area contributed by atoms with E-state index in [9.17, 15) is 29.4 Å². The molecule has 0 spiro atoms. The van der Waals surface area contributed by atoms with Crippen LogP contribution in [-0.4, -0.2) is 98.7 Å². The van der Waals surface area contributed by atoms with Gasteiger partial charge in [0.15, 0.2) is 0 Å². The van der Waals surface area contributed by atoms with Crippen molar-refractivity contribution in [1.29, 1.82) is 0 Å². The van der Waals surface area contributed by atoms with E-state index in [-0.39, 0.29) is 22.3 Å². The van der Waals surface area contributed by atoms with Crippen molar-refractivity contribution in [3.63, 3.8) is 0 Å². The molecular weight excluding hydrogens is 628 g/mol. The Morgan fingerprint density at radius 3 is 1.69 bits per heavy atom. The van der Waals surface area contributed by atoms with Gasteiger partial charge in [0.05, 0.1) is 51.6 Å². The van der Waals surface area contributed by atoms with E-state index >= 15 is 0 Å². The number of nitrogens with one attached hydrogen (secondary N) is 2. The van der Waals surface area contributed by atoms with Crippen molar-refractivity contribution < 1.29 is 49.8 Å². The molecule has 0 saturated heterocycles. The minimum absolute atomic E-state index is 0.00852. The molecule has 8 bridgehead atoms. The summed E-state index contributed by atoms with van der Waals surface area (Å²) in [6, 6.07) is 8.08. The Bertz CT molecular complexity index is 1950. The number of aromatic carboxylic acids is 1. The van der Waals surface area contributed by atoms with Crippen molar-refractivity contribution in [2.24, 2.45) is 11.5 Å².